The van der Waals surface area contributed by atoms with E-state index in [0.29, 0.717) is 11.6 Å². The molecule has 1 aliphatic rings. The van der Waals surface area contributed by atoms with Gasteiger partial charge in [-0.15, -0.1) is 24.8 Å². The molecule has 2 heterocycles. The lowest BCUT2D eigenvalue weighted by atomic mass is 10.1. The molecule has 0 radical (unpaired) electrons. The van der Waals surface area contributed by atoms with Gasteiger partial charge in [-0.2, -0.15) is 0 Å². The van der Waals surface area contributed by atoms with Crippen molar-refractivity contribution in [3.63, 3.8) is 0 Å². The number of benzene rings is 1. The minimum Gasteiger partial charge on any atom is -0.336 e. The Kier molecular flexibility index (Phi) is 7.49. The van der Waals surface area contributed by atoms with Crippen molar-refractivity contribution in [3.8, 4) is 11.1 Å². The highest BCUT2D eigenvalue weighted by Gasteiger charge is 2.22. The summed E-state index contributed by atoms with van der Waals surface area (Å²) in [5, 5.41) is 3.35. The van der Waals surface area contributed by atoms with Crippen molar-refractivity contribution >= 4 is 30.7 Å². The maximum Gasteiger partial charge on any atom is 0.255 e. The van der Waals surface area contributed by atoms with E-state index in [1.165, 1.54) is 0 Å². The summed E-state index contributed by atoms with van der Waals surface area (Å²) in [6.45, 7) is 4.43. The van der Waals surface area contributed by atoms with Crippen LogP contribution in [-0.4, -0.2) is 41.5 Å². The summed E-state index contributed by atoms with van der Waals surface area (Å²) in [6.07, 6.45) is 3.45. The molecule has 124 valence electrons. The van der Waals surface area contributed by atoms with Crippen LogP contribution in [0.4, 0.5) is 0 Å². The van der Waals surface area contributed by atoms with Crippen molar-refractivity contribution in [1.29, 1.82) is 0 Å². The van der Waals surface area contributed by atoms with Gasteiger partial charge in [-0.1, -0.05) is 30.3 Å². The molecule has 1 fully saturated rings. The molecule has 1 amide bonds. The first-order chi connectivity index (χ1) is 10.2. The van der Waals surface area contributed by atoms with E-state index in [2.05, 4.69) is 17.2 Å². The van der Waals surface area contributed by atoms with Crippen molar-refractivity contribution in [1.82, 2.24) is 15.2 Å². The molecular weight excluding hydrogens is 333 g/mol. The van der Waals surface area contributed by atoms with E-state index in [0.717, 1.165) is 30.8 Å². The number of pyridine rings is 1. The van der Waals surface area contributed by atoms with Crippen LogP contribution < -0.4 is 5.32 Å². The zero-order valence-corrected chi connectivity index (χ0v) is 14.6. The number of nitrogens with one attached hydrogen (secondary N) is 1. The van der Waals surface area contributed by atoms with E-state index in [1.54, 1.807) is 12.4 Å². The predicted octanol–water partition coefficient (Wildman–Crippen LogP) is 3.03. The highest BCUT2D eigenvalue weighted by molar-refractivity contribution is 5.95. The van der Waals surface area contributed by atoms with Gasteiger partial charge in [-0.3, -0.25) is 9.78 Å². The van der Waals surface area contributed by atoms with Crippen molar-refractivity contribution < 1.29 is 4.79 Å². The van der Waals surface area contributed by atoms with Crippen LogP contribution in [0.15, 0.2) is 48.8 Å². The first-order valence-electron chi connectivity index (χ1n) is 7.27. The third-order valence-corrected chi connectivity index (χ3v) is 3.75. The average molecular weight is 354 g/mol. The Morgan fingerprint density at radius 2 is 1.91 bits per heavy atom. The molecule has 1 saturated heterocycles. The van der Waals surface area contributed by atoms with Crippen molar-refractivity contribution in [2.24, 2.45) is 0 Å². The lowest BCUT2D eigenvalue weighted by molar-refractivity contribution is 0.0708. The number of piperazine rings is 1. The van der Waals surface area contributed by atoms with Gasteiger partial charge in [0.25, 0.3) is 5.91 Å². The van der Waals surface area contributed by atoms with Gasteiger partial charge < -0.3 is 10.2 Å². The number of hydrogen-bond acceptors (Lipinski definition) is 3. The molecule has 6 heteroatoms. The number of carbonyl (C=O) groups is 1. The van der Waals surface area contributed by atoms with Gasteiger partial charge in [-0.05, 0) is 18.6 Å². The van der Waals surface area contributed by atoms with Crippen LogP contribution in [0.5, 0.6) is 0 Å². The van der Waals surface area contributed by atoms with Crippen molar-refractivity contribution in [2.75, 3.05) is 19.6 Å². The maximum atomic E-state index is 12.6. The number of rotatable bonds is 2. The highest BCUT2D eigenvalue weighted by Crippen LogP contribution is 2.19. The molecule has 1 atom stereocenters. The molecule has 1 aliphatic heterocycles. The average Bonchev–Trinajstić information content (AvgIpc) is 2.55. The van der Waals surface area contributed by atoms with E-state index < -0.39 is 0 Å². The van der Waals surface area contributed by atoms with E-state index in [1.807, 2.05) is 41.3 Å². The van der Waals surface area contributed by atoms with Gasteiger partial charge in [-0.25, -0.2) is 0 Å². The monoisotopic (exact) mass is 353 g/mol. The van der Waals surface area contributed by atoms with Crippen LogP contribution in [0, 0.1) is 0 Å². The fourth-order valence-electron chi connectivity index (χ4n) is 2.64. The molecule has 2 aromatic rings. The fraction of sp³-hybridized carbons (Fsp3) is 0.294. The number of halogens is 2. The van der Waals surface area contributed by atoms with Crippen LogP contribution in [0.1, 0.15) is 17.3 Å². The lowest BCUT2D eigenvalue weighted by Crippen LogP contribution is -2.51. The first-order valence-corrected chi connectivity index (χ1v) is 7.27. The zero-order valence-electron chi connectivity index (χ0n) is 12.9. The van der Waals surface area contributed by atoms with Crippen LogP contribution in [-0.2, 0) is 0 Å². The van der Waals surface area contributed by atoms with E-state index in [-0.39, 0.29) is 30.7 Å². The second-order valence-electron chi connectivity index (χ2n) is 5.43. The van der Waals surface area contributed by atoms with Crippen LogP contribution in [0.2, 0.25) is 0 Å². The molecule has 1 aromatic heterocycles. The molecule has 1 N–H and O–H groups in total. The van der Waals surface area contributed by atoms with E-state index in [4.69, 9.17) is 0 Å². The second kappa shape index (κ2) is 8.87. The van der Waals surface area contributed by atoms with Gasteiger partial charge in [0.1, 0.15) is 0 Å². The Hall–Kier alpha value is -1.62. The van der Waals surface area contributed by atoms with Crippen LogP contribution in [0.25, 0.3) is 11.1 Å². The SMILES string of the molecule is CC1CN(C(=O)c2cncc(-c3ccccc3)c2)CCN1.Cl.Cl. The summed E-state index contributed by atoms with van der Waals surface area (Å²) in [5.41, 5.74) is 2.71. The Balaban J connectivity index is 0.00000132. The van der Waals surface area contributed by atoms with Gasteiger partial charge in [0.05, 0.1) is 5.56 Å². The molecule has 0 aliphatic carbocycles. The largest absolute Gasteiger partial charge is 0.336 e. The molecule has 0 bridgehead atoms. The summed E-state index contributed by atoms with van der Waals surface area (Å²) in [7, 11) is 0. The summed E-state index contributed by atoms with van der Waals surface area (Å²) in [6, 6.07) is 12.3. The number of nitrogens with zero attached hydrogens (tertiary/aromatic N) is 2. The summed E-state index contributed by atoms with van der Waals surface area (Å²) in [5.74, 6) is 0.0635. The van der Waals surface area contributed by atoms with Crippen LogP contribution >= 0.6 is 24.8 Å². The standard InChI is InChI=1S/C17H19N3O.2ClH/c1-13-12-20(8-7-19-13)17(21)16-9-15(10-18-11-16)14-5-3-2-4-6-14;;/h2-6,9-11,13,19H,7-8,12H2,1H3;2*1H. The number of amides is 1. The molecule has 4 nitrogen and oxygen atoms in total. The minimum absolute atomic E-state index is 0. The Bertz CT molecular complexity index is 637. The Morgan fingerprint density at radius 3 is 2.61 bits per heavy atom. The molecular formula is C17H21Cl2N3O. The van der Waals surface area contributed by atoms with E-state index >= 15 is 0 Å². The van der Waals surface area contributed by atoms with Crippen molar-refractivity contribution in [2.45, 2.75) is 13.0 Å². The van der Waals surface area contributed by atoms with Gasteiger partial charge in [0, 0.05) is 43.6 Å². The first kappa shape index (κ1) is 19.4. The molecule has 0 spiro atoms. The summed E-state index contributed by atoms with van der Waals surface area (Å²) >= 11 is 0. The third-order valence-electron chi connectivity index (χ3n) is 3.75. The third kappa shape index (κ3) is 4.67. The summed E-state index contributed by atoms with van der Waals surface area (Å²) < 4.78 is 0. The lowest BCUT2D eigenvalue weighted by Gasteiger charge is -2.31. The predicted molar refractivity (Wildman–Crippen MR) is 97.5 cm³/mol. The number of hydrogen-bond donors (Lipinski definition) is 1. The molecule has 1 unspecified atom stereocenters. The maximum absolute atomic E-state index is 12.6. The normalized spacial score (nSPS) is 16.9. The van der Waals surface area contributed by atoms with Crippen molar-refractivity contribution in [3.05, 3.63) is 54.4 Å². The molecule has 1 aromatic carbocycles. The molecule has 0 saturated carbocycles. The molecule has 23 heavy (non-hydrogen) atoms. The number of aromatic nitrogens is 1. The smallest absolute Gasteiger partial charge is 0.255 e. The topological polar surface area (TPSA) is 45.2 Å². The second-order valence-corrected chi connectivity index (χ2v) is 5.43. The Morgan fingerprint density at radius 1 is 1.17 bits per heavy atom. The highest BCUT2D eigenvalue weighted by atomic mass is 35.5. The fourth-order valence-corrected chi connectivity index (χ4v) is 2.64. The molecule has 3 rings (SSSR count). The van der Waals surface area contributed by atoms with Gasteiger partial charge in [0.15, 0.2) is 0 Å². The van der Waals surface area contributed by atoms with Gasteiger partial charge >= 0.3 is 0 Å². The number of carbonyl (C=O) groups excluding carboxylic acids is 1. The minimum atomic E-state index is 0. The van der Waals surface area contributed by atoms with Gasteiger partial charge in [0.2, 0.25) is 0 Å². The summed E-state index contributed by atoms with van der Waals surface area (Å²) in [4.78, 5) is 18.7. The zero-order chi connectivity index (χ0) is 14.7. The Labute approximate surface area is 149 Å². The van der Waals surface area contributed by atoms with Crippen LogP contribution in [0.3, 0.4) is 0 Å². The quantitative estimate of drug-likeness (QED) is 0.902. The van der Waals surface area contributed by atoms with E-state index in [9.17, 15) is 4.79 Å².